The highest BCUT2D eigenvalue weighted by atomic mass is 16.2. The maximum Gasteiger partial charge on any atom is 0.254 e. The lowest BCUT2D eigenvalue weighted by molar-refractivity contribution is 0.0787. The van der Waals surface area contributed by atoms with Crippen molar-refractivity contribution in [2.24, 2.45) is 11.7 Å². The van der Waals surface area contributed by atoms with Crippen molar-refractivity contribution in [3.05, 3.63) is 34.9 Å². The van der Waals surface area contributed by atoms with E-state index in [4.69, 9.17) is 5.73 Å². The van der Waals surface area contributed by atoms with Gasteiger partial charge in [0.2, 0.25) is 0 Å². The molecule has 1 atom stereocenters. The fraction of sp³-hybridized carbons (Fsp3) is 0.500. The average molecular weight is 232 g/mol. The Kier molecular flexibility index (Phi) is 3.48. The van der Waals surface area contributed by atoms with Crippen LogP contribution in [0.2, 0.25) is 0 Å². The zero-order chi connectivity index (χ0) is 12.4. The first-order valence-corrected chi connectivity index (χ1v) is 6.18. The van der Waals surface area contributed by atoms with Crippen LogP contribution in [0.5, 0.6) is 0 Å². The van der Waals surface area contributed by atoms with E-state index < -0.39 is 0 Å². The zero-order valence-corrected chi connectivity index (χ0v) is 10.6. The Morgan fingerprint density at radius 2 is 2.24 bits per heavy atom. The molecular weight excluding hydrogens is 212 g/mol. The summed E-state index contributed by atoms with van der Waals surface area (Å²) < 4.78 is 0. The van der Waals surface area contributed by atoms with Gasteiger partial charge in [-0.1, -0.05) is 17.7 Å². The molecule has 1 amide bonds. The van der Waals surface area contributed by atoms with Crippen molar-refractivity contribution in [2.45, 2.75) is 20.3 Å². The molecule has 17 heavy (non-hydrogen) atoms. The van der Waals surface area contributed by atoms with Crippen molar-refractivity contribution in [3.63, 3.8) is 0 Å². The summed E-state index contributed by atoms with van der Waals surface area (Å²) in [6.45, 7) is 6.33. The van der Waals surface area contributed by atoms with Gasteiger partial charge in [0.25, 0.3) is 5.91 Å². The highest BCUT2D eigenvalue weighted by Crippen LogP contribution is 2.20. The van der Waals surface area contributed by atoms with E-state index in [0.29, 0.717) is 12.5 Å². The van der Waals surface area contributed by atoms with Gasteiger partial charge in [0.15, 0.2) is 0 Å². The lowest BCUT2D eigenvalue weighted by Crippen LogP contribution is -2.30. The summed E-state index contributed by atoms with van der Waals surface area (Å²) in [5.41, 5.74) is 8.67. The van der Waals surface area contributed by atoms with Crippen molar-refractivity contribution in [2.75, 3.05) is 19.6 Å². The van der Waals surface area contributed by atoms with Crippen molar-refractivity contribution < 1.29 is 4.79 Å². The molecule has 3 heteroatoms. The second-order valence-corrected chi connectivity index (χ2v) is 4.96. The number of rotatable bonds is 2. The number of hydrogen-bond donors (Lipinski definition) is 1. The van der Waals surface area contributed by atoms with Gasteiger partial charge in [0.05, 0.1) is 0 Å². The monoisotopic (exact) mass is 232 g/mol. The highest BCUT2D eigenvalue weighted by molar-refractivity contribution is 5.96. The van der Waals surface area contributed by atoms with E-state index in [9.17, 15) is 4.79 Å². The minimum absolute atomic E-state index is 0.155. The van der Waals surface area contributed by atoms with E-state index in [0.717, 1.165) is 36.2 Å². The zero-order valence-electron chi connectivity index (χ0n) is 10.6. The molecule has 1 aliphatic rings. The van der Waals surface area contributed by atoms with Crippen LogP contribution >= 0.6 is 0 Å². The summed E-state index contributed by atoms with van der Waals surface area (Å²) in [7, 11) is 0. The number of nitrogens with zero attached hydrogens (tertiary/aromatic N) is 1. The molecule has 0 saturated carbocycles. The molecule has 2 rings (SSSR count). The first-order valence-electron chi connectivity index (χ1n) is 6.18. The Morgan fingerprint density at radius 3 is 2.88 bits per heavy atom. The summed E-state index contributed by atoms with van der Waals surface area (Å²) in [5, 5.41) is 0. The lowest BCUT2D eigenvalue weighted by atomic mass is 10.0. The Balaban J connectivity index is 2.17. The molecule has 1 unspecified atom stereocenters. The molecule has 0 aliphatic carbocycles. The van der Waals surface area contributed by atoms with Crippen molar-refractivity contribution >= 4 is 5.91 Å². The third kappa shape index (κ3) is 2.50. The van der Waals surface area contributed by atoms with Crippen LogP contribution in [0.3, 0.4) is 0 Å². The maximum atomic E-state index is 12.4. The molecule has 1 aromatic rings. The Morgan fingerprint density at radius 1 is 1.47 bits per heavy atom. The molecule has 1 saturated heterocycles. The third-order valence-electron chi connectivity index (χ3n) is 3.53. The number of aryl methyl sites for hydroxylation is 2. The smallest absolute Gasteiger partial charge is 0.254 e. The molecular formula is C14H20N2O. The highest BCUT2D eigenvalue weighted by Gasteiger charge is 2.26. The van der Waals surface area contributed by atoms with Crippen molar-refractivity contribution in [3.8, 4) is 0 Å². The molecule has 92 valence electrons. The van der Waals surface area contributed by atoms with Crippen LogP contribution in [0.4, 0.5) is 0 Å². The summed E-state index contributed by atoms with van der Waals surface area (Å²) >= 11 is 0. The SMILES string of the molecule is Cc1ccc(C)c(C(=O)N2CCC(CN)C2)c1. The minimum Gasteiger partial charge on any atom is -0.338 e. The number of hydrogen-bond acceptors (Lipinski definition) is 2. The largest absolute Gasteiger partial charge is 0.338 e. The molecule has 0 bridgehead atoms. The average Bonchev–Trinajstić information content (AvgIpc) is 2.80. The van der Waals surface area contributed by atoms with Crippen LogP contribution in [-0.4, -0.2) is 30.4 Å². The fourth-order valence-electron chi connectivity index (χ4n) is 2.35. The molecule has 1 aromatic carbocycles. The number of amides is 1. The van der Waals surface area contributed by atoms with Crippen LogP contribution < -0.4 is 5.73 Å². The van der Waals surface area contributed by atoms with E-state index in [-0.39, 0.29) is 5.91 Å². The fourth-order valence-corrected chi connectivity index (χ4v) is 2.35. The van der Waals surface area contributed by atoms with E-state index in [1.54, 1.807) is 0 Å². The van der Waals surface area contributed by atoms with Gasteiger partial charge < -0.3 is 10.6 Å². The number of carbonyl (C=O) groups excluding carboxylic acids is 1. The maximum absolute atomic E-state index is 12.4. The van der Waals surface area contributed by atoms with Crippen LogP contribution in [0.15, 0.2) is 18.2 Å². The summed E-state index contributed by atoms with van der Waals surface area (Å²) in [6.07, 6.45) is 1.03. The van der Waals surface area contributed by atoms with Gasteiger partial charge in [0.1, 0.15) is 0 Å². The van der Waals surface area contributed by atoms with Crippen molar-refractivity contribution in [1.82, 2.24) is 4.90 Å². The van der Waals surface area contributed by atoms with Gasteiger partial charge in [-0.15, -0.1) is 0 Å². The molecule has 3 nitrogen and oxygen atoms in total. The first-order chi connectivity index (χ1) is 8.11. The molecule has 1 heterocycles. The molecule has 1 aliphatic heterocycles. The van der Waals surface area contributed by atoms with E-state index >= 15 is 0 Å². The normalized spacial score (nSPS) is 19.7. The first kappa shape index (κ1) is 12.1. The Labute approximate surface area is 103 Å². The summed E-state index contributed by atoms with van der Waals surface area (Å²) in [5.74, 6) is 0.631. The van der Waals surface area contributed by atoms with Crippen LogP contribution in [0.1, 0.15) is 27.9 Å². The second-order valence-electron chi connectivity index (χ2n) is 4.96. The number of nitrogens with two attached hydrogens (primary N) is 1. The topological polar surface area (TPSA) is 46.3 Å². The van der Waals surface area contributed by atoms with Crippen molar-refractivity contribution in [1.29, 1.82) is 0 Å². The number of carbonyl (C=O) groups is 1. The van der Waals surface area contributed by atoms with E-state index in [1.165, 1.54) is 0 Å². The van der Waals surface area contributed by atoms with Gasteiger partial charge in [-0.05, 0) is 44.4 Å². The Hall–Kier alpha value is -1.35. The van der Waals surface area contributed by atoms with Gasteiger partial charge >= 0.3 is 0 Å². The molecule has 2 N–H and O–H groups in total. The second kappa shape index (κ2) is 4.88. The van der Waals surface area contributed by atoms with Gasteiger partial charge in [0, 0.05) is 18.7 Å². The Bertz CT molecular complexity index is 428. The quantitative estimate of drug-likeness (QED) is 0.844. The number of benzene rings is 1. The van der Waals surface area contributed by atoms with Crippen LogP contribution in [-0.2, 0) is 0 Å². The number of likely N-dealkylation sites (tertiary alicyclic amines) is 1. The predicted octanol–water partition coefficient (Wildman–Crippen LogP) is 1.72. The molecule has 1 fully saturated rings. The standard InChI is InChI=1S/C14H20N2O/c1-10-3-4-11(2)13(7-10)14(17)16-6-5-12(8-15)9-16/h3-4,7,12H,5-6,8-9,15H2,1-2H3. The lowest BCUT2D eigenvalue weighted by Gasteiger charge is -2.18. The minimum atomic E-state index is 0.155. The molecule has 0 radical (unpaired) electrons. The van der Waals surface area contributed by atoms with Gasteiger partial charge in [-0.2, -0.15) is 0 Å². The van der Waals surface area contributed by atoms with Crippen LogP contribution in [0, 0.1) is 19.8 Å². The van der Waals surface area contributed by atoms with Gasteiger partial charge in [-0.25, -0.2) is 0 Å². The predicted molar refractivity (Wildman–Crippen MR) is 69.0 cm³/mol. The molecule has 0 aromatic heterocycles. The van der Waals surface area contributed by atoms with Gasteiger partial charge in [-0.3, -0.25) is 4.79 Å². The summed E-state index contributed by atoms with van der Waals surface area (Å²) in [4.78, 5) is 14.3. The van der Waals surface area contributed by atoms with E-state index in [2.05, 4.69) is 0 Å². The summed E-state index contributed by atoms with van der Waals surface area (Å²) in [6, 6.07) is 6.03. The molecule has 0 spiro atoms. The van der Waals surface area contributed by atoms with E-state index in [1.807, 2.05) is 36.9 Å². The van der Waals surface area contributed by atoms with Crippen LogP contribution in [0.25, 0.3) is 0 Å². The third-order valence-corrected chi connectivity index (χ3v) is 3.53.